The van der Waals surface area contributed by atoms with E-state index in [0.29, 0.717) is 6.61 Å². The van der Waals surface area contributed by atoms with Crippen LogP contribution >= 0.6 is 0 Å². The average Bonchev–Trinajstić information content (AvgIpc) is 2.55. The van der Waals surface area contributed by atoms with E-state index in [0.717, 1.165) is 19.4 Å². The van der Waals surface area contributed by atoms with Gasteiger partial charge >= 0.3 is 5.97 Å². The molecule has 1 rings (SSSR count). The van der Waals surface area contributed by atoms with Gasteiger partial charge < -0.3 is 15.2 Å². The van der Waals surface area contributed by atoms with E-state index in [1.807, 2.05) is 0 Å². The molecule has 0 aromatic heterocycles. The Morgan fingerprint density at radius 3 is 3.08 bits per heavy atom. The molecule has 0 aromatic rings. The molecule has 0 saturated carbocycles. The van der Waals surface area contributed by atoms with E-state index in [4.69, 9.17) is 0 Å². The Labute approximate surface area is 71.9 Å². The smallest absolute Gasteiger partial charge is 0.336 e. The Balaban J connectivity index is 2.34. The van der Waals surface area contributed by atoms with Gasteiger partial charge in [-0.15, -0.1) is 0 Å². The Hall–Kier alpha value is -0.610. The van der Waals surface area contributed by atoms with Crippen molar-refractivity contribution in [1.82, 2.24) is 5.32 Å². The zero-order chi connectivity index (χ0) is 8.97. The third kappa shape index (κ3) is 2.19. The number of esters is 1. The fourth-order valence-corrected chi connectivity index (χ4v) is 1.37. The lowest BCUT2D eigenvalue weighted by atomic mass is 10.1. The lowest BCUT2D eigenvalue weighted by molar-refractivity contribution is -0.154. The second-order valence-corrected chi connectivity index (χ2v) is 2.90. The fraction of sp³-hybridized carbons (Fsp3) is 0.875. The molecular weight excluding hydrogens is 158 g/mol. The first-order valence-electron chi connectivity index (χ1n) is 4.33. The third-order valence-electron chi connectivity index (χ3n) is 2.01. The first kappa shape index (κ1) is 9.48. The Morgan fingerprint density at radius 1 is 1.83 bits per heavy atom. The predicted molar refractivity (Wildman–Crippen MR) is 43.7 cm³/mol. The van der Waals surface area contributed by atoms with Crippen LogP contribution in [0.5, 0.6) is 0 Å². The number of ether oxygens (including phenoxy) is 1. The highest BCUT2D eigenvalue weighted by Gasteiger charge is 2.29. The number of aliphatic hydroxyl groups excluding tert-OH is 1. The van der Waals surface area contributed by atoms with Crippen molar-refractivity contribution in [3.63, 3.8) is 0 Å². The van der Waals surface area contributed by atoms with E-state index in [1.165, 1.54) is 0 Å². The maximum absolute atomic E-state index is 11.0. The Bertz CT molecular complexity index is 154. The summed E-state index contributed by atoms with van der Waals surface area (Å²) >= 11 is 0. The zero-order valence-electron chi connectivity index (χ0n) is 7.25. The van der Waals surface area contributed by atoms with Gasteiger partial charge in [0.1, 0.15) is 0 Å². The van der Waals surface area contributed by atoms with Gasteiger partial charge in [-0.2, -0.15) is 0 Å². The fourth-order valence-electron chi connectivity index (χ4n) is 1.37. The van der Waals surface area contributed by atoms with Crippen LogP contribution in [0, 0.1) is 0 Å². The molecule has 1 aliphatic heterocycles. The molecule has 1 fully saturated rings. The number of carbonyl (C=O) groups excluding carboxylic acids is 1. The largest absolute Gasteiger partial charge is 0.464 e. The Kier molecular flexibility index (Phi) is 3.49. The summed E-state index contributed by atoms with van der Waals surface area (Å²) in [5.41, 5.74) is 0. The summed E-state index contributed by atoms with van der Waals surface area (Å²) in [5.74, 6) is -0.517. The monoisotopic (exact) mass is 173 g/mol. The van der Waals surface area contributed by atoms with Gasteiger partial charge in [0.15, 0.2) is 6.10 Å². The molecule has 0 amide bonds. The van der Waals surface area contributed by atoms with Gasteiger partial charge in [0.2, 0.25) is 0 Å². The summed E-state index contributed by atoms with van der Waals surface area (Å²) < 4.78 is 4.69. The number of hydrogen-bond donors (Lipinski definition) is 2. The van der Waals surface area contributed by atoms with Crippen molar-refractivity contribution in [2.75, 3.05) is 13.2 Å². The molecule has 12 heavy (non-hydrogen) atoms. The molecule has 1 heterocycles. The van der Waals surface area contributed by atoms with E-state index in [9.17, 15) is 9.90 Å². The number of hydrogen-bond acceptors (Lipinski definition) is 4. The first-order chi connectivity index (χ1) is 5.75. The van der Waals surface area contributed by atoms with E-state index >= 15 is 0 Å². The maximum atomic E-state index is 11.0. The van der Waals surface area contributed by atoms with Crippen LogP contribution in [-0.4, -0.2) is 36.4 Å². The van der Waals surface area contributed by atoms with Crippen molar-refractivity contribution >= 4 is 5.97 Å². The molecule has 2 N–H and O–H groups in total. The van der Waals surface area contributed by atoms with Crippen molar-refractivity contribution in [2.45, 2.75) is 31.9 Å². The summed E-state index contributed by atoms with van der Waals surface area (Å²) in [5, 5.41) is 12.5. The molecule has 0 unspecified atom stereocenters. The topological polar surface area (TPSA) is 58.6 Å². The lowest BCUT2D eigenvalue weighted by Crippen LogP contribution is -2.41. The molecule has 2 atom stereocenters. The predicted octanol–water partition coefficient (Wildman–Crippen LogP) is -0.338. The van der Waals surface area contributed by atoms with Gasteiger partial charge in [0, 0.05) is 6.04 Å². The molecule has 0 aliphatic carbocycles. The van der Waals surface area contributed by atoms with Crippen LogP contribution in [0.25, 0.3) is 0 Å². The average molecular weight is 173 g/mol. The van der Waals surface area contributed by atoms with Crippen molar-refractivity contribution in [1.29, 1.82) is 0 Å². The maximum Gasteiger partial charge on any atom is 0.336 e. The van der Waals surface area contributed by atoms with Gasteiger partial charge in [0.05, 0.1) is 6.61 Å². The summed E-state index contributed by atoms with van der Waals surface area (Å²) in [6, 6.07) is -0.107. The minimum absolute atomic E-state index is 0.107. The zero-order valence-corrected chi connectivity index (χ0v) is 7.25. The van der Waals surface area contributed by atoms with Crippen LogP contribution in [0.15, 0.2) is 0 Å². The van der Waals surface area contributed by atoms with Crippen LogP contribution in [0.4, 0.5) is 0 Å². The standard InChI is InChI=1S/C8H15NO3/c1-2-12-8(11)7(10)6-4-3-5-9-6/h6-7,9-10H,2-5H2,1H3/t6-,7+/m0/s1. The van der Waals surface area contributed by atoms with Gasteiger partial charge in [0.25, 0.3) is 0 Å². The SMILES string of the molecule is CCOC(=O)[C@H](O)[C@@H]1CCCN1. The van der Waals surface area contributed by atoms with E-state index in [1.54, 1.807) is 6.92 Å². The number of aliphatic hydroxyl groups is 1. The highest BCUT2D eigenvalue weighted by Crippen LogP contribution is 2.10. The van der Waals surface area contributed by atoms with Crippen molar-refractivity contribution in [3.8, 4) is 0 Å². The molecule has 70 valence electrons. The quantitative estimate of drug-likeness (QED) is 0.573. The van der Waals surface area contributed by atoms with Crippen molar-refractivity contribution in [2.24, 2.45) is 0 Å². The minimum Gasteiger partial charge on any atom is -0.464 e. The number of carbonyl (C=O) groups is 1. The molecule has 4 heteroatoms. The summed E-state index contributed by atoms with van der Waals surface area (Å²) in [7, 11) is 0. The van der Waals surface area contributed by atoms with Crippen LogP contribution < -0.4 is 5.32 Å². The molecular formula is C8H15NO3. The van der Waals surface area contributed by atoms with Gasteiger partial charge in [-0.1, -0.05) is 0 Å². The number of rotatable bonds is 3. The van der Waals surface area contributed by atoms with Crippen LogP contribution in [-0.2, 0) is 9.53 Å². The second kappa shape index (κ2) is 4.42. The molecule has 1 saturated heterocycles. The normalized spacial score (nSPS) is 25.3. The molecule has 0 radical (unpaired) electrons. The van der Waals surface area contributed by atoms with E-state index in [2.05, 4.69) is 10.1 Å². The van der Waals surface area contributed by atoms with Crippen LogP contribution in [0.2, 0.25) is 0 Å². The van der Waals surface area contributed by atoms with E-state index < -0.39 is 12.1 Å². The molecule has 4 nitrogen and oxygen atoms in total. The highest BCUT2D eigenvalue weighted by atomic mass is 16.5. The van der Waals surface area contributed by atoms with Gasteiger partial charge in [-0.05, 0) is 26.3 Å². The van der Waals surface area contributed by atoms with E-state index in [-0.39, 0.29) is 6.04 Å². The van der Waals surface area contributed by atoms with Gasteiger partial charge in [-0.3, -0.25) is 0 Å². The third-order valence-corrected chi connectivity index (χ3v) is 2.01. The molecule has 0 spiro atoms. The molecule has 1 aliphatic rings. The van der Waals surface area contributed by atoms with Gasteiger partial charge in [-0.25, -0.2) is 4.79 Å². The van der Waals surface area contributed by atoms with Crippen molar-refractivity contribution < 1.29 is 14.6 Å². The van der Waals surface area contributed by atoms with Crippen LogP contribution in [0.1, 0.15) is 19.8 Å². The van der Waals surface area contributed by atoms with Crippen molar-refractivity contribution in [3.05, 3.63) is 0 Å². The highest BCUT2D eigenvalue weighted by molar-refractivity contribution is 5.75. The summed E-state index contributed by atoms with van der Waals surface area (Å²) in [4.78, 5) is 11.0. The lowest BCUT2D eigenvalue weighted by Gasteiger charge is -2.15. The Morgan fingerprint density at radius 2 is 2.58 bits per heavy atom. The minimum atomic E-state index is -0.993. The number of nitrogens with one attached hydrogen (secondary N) is 1. The van der Waals surface area contributed by atoms with Crippen LogP contribution in [0.3, 0.4) is 0 Å². The second-order valence-electron chi connectivity index (χ2n) is 2.90. The summed E-state index contributed by atoms with van der Waals surface area (Å²) in [6.45, 7) is 2.93. The first-order valence-corrected chi connectivity index (χ1v) is 4.33. The summed E-state index contributed by atoms with van der Waals surface area (Å²) in [6.07, 6.45) is 0.869. The molecule has 0 aromatic carbocycles. The molecule has 0 bridgehead atoms.